The molecule has 1 aliphatic carbocycles. The van der Waals surface area contributed by atoms with E-state index in [0.29, 0.717) is 25.7 Å². The van der Waals surface area contributed by atoms with Crippen LogP contribution in [0.25, 0.3) is 0 Å². The Morgan fingerprint density at radius 2 is 1.93 bits per heavy atom. The number of aliphatic imine (C=N–C) groups is 1. The number of guanidine groups is 1. The molecule has 2 aromatic rings. The molecular formula is C20H30N6O. The van der Waals surface area contributed by atoms with E-state index in [0.717, 1.165) is 23.4 Å². The Morgan fingerprint density at radius 3 is 2.59 bits per heavy atom. The van der Waals surface area contributed by atoms with Gasteiger partial charge in [-0.2, -0.15) is 0 Å². The maximum absolute atomic E-state index is 5.79. The van der Waals surface area contributed by atoms with Gasteiger partial charge in [-0.05, 0) is 38.8 Å². The number of benzene rings is 1. The van der Waals surface area contributed by atoms with Gasteiger partial charge in [0.15, 0.2) is 11.8 Å². The van der Waals surface area contributed by atoms with Crippen molar-refractivity contribution in [3.05, 3.63) is 41.5 Å². The lowest BCUT2D eigenvalue weighted by molar-refractivity contribution is 0.321. The van der Waals surface area contributed by atoms with Gasteiger partial charge in [-0.15, -0.1) is 10.2 Å². The van der Waals surface area contributed by atoms with Gasteiger partial charge in [0.2, 0.25) is 0 Å². The van der Waals surface area contributed by atoms with E-state index in [2.05, 4.69) is 39.9 Å². The number of aromatic nitrogens is 3. The van der Waals surface area contributed by atoms with Crippen LogP contribution in [0.1, 0.15) is 42.9 Å². The molecule has 3 rings (SSSR count). The fourth-order valence-electron chi connectivity index (χ4n) is 3.13. The molecule has 0 radical (unpaired) electrons. The van der Waals surface area contributed by atoms with Gasteiger partial charge in [0.1, 0.15) is 24.7 Å². The summed E-state index contributed by atoms with van der Waals surface area (Å²) in [5, 5.41) is 15.2. The highest BCUT2D eigenvalue weighted by atomic mass is 16.5. The van der Waals surface area contributed by atoms with Gasteiger partial charge < -0.3 is 19.9 Å². The quantitative estimate of drug-likeness (QED) is 0.445. The maximum atomic E-state index is 5.79. The minimum atomic E-state index is 0.496. The molecule has 0 spiro atoms. The van der Waals surface area contributed by atoms with Gasteiger partial charge in [0, 0.05) is 13.1 Å². The predicted molar refractivity (Wildman–Crippen MR) is 107 cm³/mol. The Bertz CT molecular complexity index is 746. The topological polar surface area (TPSA) is 76.4 Å². The molecule has 27 heavy (non-hydrogen) atoms. The van der Waals surface area contributed by atoms with Crippen molar-refractivity contribution in [1.82, 2.24) is 25.4 Å². The van der Waals surface area contributed by atoms with Crippen LogP contribution in [0, 0.1) is 13.8 Å². The molecule has 0 saturated heterocycles. The molecular weight excluding hydrogens is 340 g/mol. The number of nitrogens with zero attached hydrogens (tertiary/aromatic N) is 4. The third-order valence-electron chi connectivity index (χ3n) is 4.94. The first kappa shape index (κ1) is 19.2. The van der Waals surface area contributed by atoms with Crippen LogP contribution < -0.4 is 15.4 Å². The highest BCUT2D eigenvalue weighted by Gasteiger charge is 2.16. The summed E-state index contributed by atoms with van der Waals surface area (Å²) in [7, 11) is 1.97. The van der Waals surface area contributed by atoms with E-state index in [9.17, 15) is 0 Å². The van der Waals surface area contributed by atoms with Crippen molar-refractivity contribution in [2.24, 2.45) is 12.0 Å². The van der Waals surface area contributed by atoms with Crippen molar-refractivity contribution in [2.45, 2.75) is 52.1 Å². The fourth-order valence-corrected chi connectivity index (χ4v) is 3.13. The minimum absolute atomic E-state index is 0.496. The summed E-state index contributed by atoms with van der Waals surface area (Å²) in [5.41, 5.74) is 1.23. The standard InChI is InChI=1S/C20H30N6O/c1-15-8-10-18(11-9-15)27-13-12-21-20(23-17-6-4-5-7-17)22-14-19-25-24-16(2)26(19)3/h8-11,17H,4-7,12-14H2,1-3H3,(H2,21,22,23). The second kappa shape index (κ2) is 9.39. The first-order chi connectivity index (χ1) is 13.1. The van der Waals surface area contributed by atoms with E-state index in [1.54, 1.807) is 0 Å². The Balaban J connectivity index is 1.53. The zero-order chi connectivity index (χ0) is 19.1. The van der Waals surface area contributed by atoms with Crippen LogP contribution in [0.2, 0.25) is 0 Å². The van der Waals surface area contributed by atoms with Crippen molar-refractivity contribution in [2.75, 3.05) is 13.2 Å². The molecule has 1 fully saturated rings. The number of aryl methyl sites for hydroxylation is 2. The molecule has 0 atom stereocenters. The van der Waals surface area contributed by atoms with Crippen molar-refractivity contribution in [3.8, 4) is 5.75 Å². The number of nitrogens with one attached hydrogen (secondary N) is 2. The van der Waals surface area contributed by atoms with E-state index in [4.69, 9.17) is 9.73 Å². The van der Waals surface area contributed by atoms with Crippen LogP contribution in [-0.2, 0) is 13.6 Å². The molecule has 0 aliphatic heterocycles. The first-order valence-electron chi connectivity index (χ1n) is 9.71. The number of hydrogen-bond donors (Lipinski definition) is 2. The fraction of sp³-hybridized carbons (Fsp3) is 0.550. The summed E-state index contributed by atoms with van der Waals surface area (Å²) in [6, 6.07) is 8.60. The molecule has 1 aromatic carbocycles. The van der Waals surface area contributed by atoms with Crippen molar-refractivity contribution >= 4 is 5.96 Å². The Labute approximate surface area is 161 Å². The zero-order valence-electron chi connectivity index (χ0n) is 16.5. The second-order valence-electron chi connectivity index (χ2n) is 7.10. The number of hydrogen-bond acceptors (Lipinski definition) is 4. The zero-order valence-corrected chi connectivity index (χ0v) is 16.5. The van der Waals surface area contributed by atoms with Crippen LogP contribution in [0.5, 0.6) is 5.75 Å². The van der Waals surface area contributed by atoms with Crippen molar-refractivity contribution in [1.29, 1.82) is 0 Å². The Hall–Kier alpha value is -2.57. The van der Waals surface area contributed by atoms with Crippen molar-refractivity contribution < 1.29 is 4.74 Å². The number of ether oxygens (including phenoxy) is 1. The normalized spacial score (nSPS) is 15.1. The van der Waals surface area contributed by atoms with Gasteiger partial charge >= 0.3 is 0 Å². The molecule has 0 unspecified atom stereocenters. The molecule has 1 aromatic heterocycles. The molecule has 2 N–H and O–H groups in total. The Morgan fingerprint density at radius 1 is 1.19 bits per heavy atom. The summed E-state index contributed by atoms with van der Waals surface area (Å²) < 4.78 is 7.76. The molecule has 1 heterocycles. The smallest absolute Gasteiger partial charge is 0.192 e. The van der Waals surface area contributed by atoms with Crippen LogP contribution in [-0.4, -0.2) is 39.9 Å². The average Bonchev–Trinajstić information content (AvgIpc) is 3.29. The molecule has 146 valence electrons. The maximum Gasteiger partial charge on any atom is 0.192 e. The lowest BCUT2D eigenvalue weighted by Gasteiger charge is -2.17. The molecule has 0 bridgehead atoms. The summed E-state index contributed by atoms with van der Waals surface area (Å²) >= 11 is 0. The summed E-state index contributed by atoms with van der Waals surface area (Å²) in [6.45, 7) is 5.78. The molecule has 1 aliphatic rings. The van der Waals surface area contributed by atoms with E-state index in [1.165, 1.54) is 31.2 Å². The highest BCUT2D eigenvalue weighted by Crippen LogP contribution is 2.17. The van der Waals surface area contributed by atoms with Gasteiger partial charge in [-0.1, -0.05) is 30.5 Å². The third-order valence-corrected chi connectivity index (χ3v) is 4.94. The Kier molecular flexibility index (Phi) is 6.68. The van der Waals surface area contributed by atoms with Crippen molar-refractivity contribution in [3.63, 3.8) is 0 Å². The molecule has 7 heteroatoms. The van der Waals surface area contributed by atoms with Crippen LogP contribution in [0.15, 0.2) is 29.3 Å². The first-order valence-corrected chi connectivity index (χ1v) is 9.71. The average molecular weight is 371 g/mol. The van der Waals surface area contributed by atoms with Gasteiger partial charge in [0.25, 0.3) is 0 Å². The number of rotatable bonds is 7. The lowest BCUT2D eigenvalue weighted by Crippen LogP contribution is -2.43. The summed E-state index contributed by atoms with van der Waals surface area (Å²) in [6.07, 6.45) is 4.96. The predicted octanol–water partition coefficient (Wildman–Crippen LogP) is 2.49. The molecule has 1 saturated carbocycles. The second-order valence-corrected chi connectivity index (χ2v) is 7.10. The molecule has 0 amide bonds. The summed E-state index contributed by atoms with van der Waals surface area (Å²) in [4.78, 5) is 4.70. The van der Waals surface area contributed by atoms with E-state index < -0.39 is 0 Å². The van der Waals surface area contributed by atoms with Gasteiger partial charge in [-0.3, -0.25) is 0 Å². The highest BCUT2D eigenvalue weighted by molar-refractivity contribution is 5.80. The van der Waals surface area contributed by atoms with Crippen LogP contribution >= 0.6 is 0 Å². The summed E-state index contributed by atoms with van der Waals surface area (Å²) in [5.74, 6) is 3.45. The van der Waals surface area contributed by atoms with E-state index >= 15 is 0 Å². The van der Waals surface area contributed by atoms with E-state index in [-0.39, 0.29) is 0 Å². The molecule has 7 nitrogen and oxygen atoms in total. The van der Waals surface area contributed by atoms with Gasteiger partial charge in [0.05, 0.1) is 6.54 Å². The van der Waals surface area contributed by atoms with Gasteiger partial charge in [-0.25, -0.2) is 4.99 Å². The largest absolute Gasteiger partial charge is 0.492 e. The lowest BCUT2D eigenvalue weighted by atomic mass is 10.2. The third kappa shape index (κ3) is 5.70. The van der Waals surface area contributed by atoms with Crippen LogP contribution in [0.3, 0.4) is 0 Å². The SMILES string of the molecule is Cc1ccc(OCCNC(=NCc2nnc(C)n2C)NC2CCCC2)cc1. The van der Waals surface area contributed by atoms with Crippen LogP contribution in [0.4, 0.5) is 0 Å². The monoisotopic (exact) mass is 370 g/mol. The van der Waals surface area contributed by atoms with E-state index in [1.807, 2.05) is 30.7 Å². The minimum Gasteiger partial charge on any atom is -0.492 e.